The summed E-state index contributed by atoms with van der Waals surface area (Å²) in [5, 5.41) is 23.8. The van der Waals surface area contributed by atoms with Gasteiger partial charge in [0.2, 0.25) is 23.6 Å². The lowest BCUT2D eigenvalue weighted by Gasteiger charge is -2.24. The predicted molar refractivity (Wildman–Crippen MR) is 98.0 cm³/mol. The highest BCUT2D eigenvalue weighted by molar-refractivity contribution is 5.96. The second kappa shape index (κ2) is 12.3. The van der Waals surface area contributed by atoms with E-state index in [0.717, 1.165) is 0 Å². The minimum Gasteiger partial charge on any atom is -0.481 e. The molecule has 0 rings (SSSR count). The monoisotopic (exact) mass is 417 g/mol. The normalized spacial score (nSPS) is 14.6. The zero-order valence-electron chi connectivity index (χ0n) is 16.1. The number of nitrogens with two attached hydrogens (primary N) is 2. The average Bonchev–Trinajstić information content (AvgIpc) is 2.62. The van der Waals surface area contributed by atoms with Crippen molar-refractivity contribution >= 4 is 35.6 Å². The molecule has 0 bridgehead atoms. The maximum Gasteiger partial charge on any atom is 0.322 e. The number of carboxylic acids is 2. The van der Waals surface area contributed by atoms with Gasteiger partial charge in [-0.25, -0.2) is 0 Å². The van der Waals surface area contributed by atoms with E-state index in [1.165, 1.54) is 0 Å². The molecule has 0 aromatic heterocycles. The van der Waals surface area contributed by atoms with Crippen LogP contribution in [0.1, 0.15) is 33.1 Å². The van der Waals surface area contributed by atoms with Crippen molar-refractivity contribution in [2.45, 2.75) is 51.2 Å². The molecule has 0 radical (unpaired) electrons. The van der Waals surface area contributed by atoms with Crippen molar-refractivity contribution in [1.82, 2.24) is 16.0 Å². The molecule has 13 heteroatoms. The molecular formula is C16H27N5O8. The standard InChI is InChI=1S/C16H27N5O8/c1-3-7(2)13(18)16(29)21-8(4-10(17)22)15(28)20-9(5-11(23)24)14(27)19-6-12(25)26/h7-9,13H,3-6,18H2,1-2H3,(H2,17,22)(H,19,27)(H,20,28)(H,21,29)(H,23,24)(H,25,26). The molecule has 0 heterocycles. The van der Waals surface area contributed by atoms with Gasteiger partial charge in [0.25, 0.3) is 0 Å². The summed E-state index contributed by atoms with van der Waals surface area (Å²) >= 11 is 0. The number of primary amides is 1. The molecule has 0 aliphatic heterocycles. The molecule has 4 unspecified atom stereocenters. The van der Waals surface area contributed by atoms with E-state index in [2.05, 4.69) is 10.6 Å². The molecular weight excluding hydrogens is 390 g/mol. The van der Waals surface area contributed by atoms with Crippen LogP contribution in [-0.4, -0.2) is 70.5 Å². The highest BCUT2D eigenvalue weighted by Crippen LogP contribution is 2.06. The fourth-order valence-electron chi connectivity index (χ4n) is 2.13. The van der Waals surface area contributed by atoms with Gasteiger partial charge in [-0.05, 0) is 5.92 Å². The molecule has 0 saturated heterocycles. The van der Waals surface area contributed by atoms with Crippen molar-refractivity contribution in [3.05, 3.63) is 0 Å². The third-order valence-electron chi connectivity index (χ3n) is 4.02. The molecule has 0 aromatic rings. The van der Waals surface area contributed by atoms with E-state index >= 15 is 0 Å². The molecule has 164 valence electrons. The first-order valence-electron chi connectivity index (χ1n) is 8.74. The predicted octanol–water partition coefficient (Wildman–Crippen LogP) is -3.12. The molecule has 0 aromatic carbocycles. The lowest BCUT2D eigenvalue weighted by Crippen LogP contribution is -2.57. The van der Waals surface area contributed by atoms with Crippen molar-refractivity contribution < 1.29 is 39.0 Å². The lowest BCUT2D eigenvalue weighted by atomic mass is 9.99. The van der Waals surface area contributed by atoms with Gasteiger partial charge in [-0.15, -0.1) is 0 Å². The number of carbonyl (C=O) groups excluding carboxylic acids is 4. The van der Waals surface area contributed by atoms with Gasteiger partial charge in [0.1, 0.15) is 18.6 Å². The second-order valence-corrected chi connectivity index (χ2v) is 6.41. The molecule has 9 N–H and O–H groups in total. The van der Waals surface area contributed by atoms with Crippen LogP contribution in [0.5, 0.6) is 0 Å². The second-order valence-electron chi connectivity index (χ2n) is 6.41. The van der Waals surface area contributed by atoms with Crippen molar-refractivity contribution in [2.75, 3.05) is 6.54 Å². The van der Waals surface area contributed by atoms with E-state index < -0.39 is 73.1 Å². The molecule has 29 heavy (non-hydrogen) atoms. The van der Waals surface area contributed by atoms with Gasteiger partial charge >= 0.3 is 11.9 Å². The fraction of sp³-hybridized carbons (Fsp3) is 0.625. The Morgan fingerprint density at radius 3 is 1.83 bits per heavy atom. The summed E-state index contributed by atoms with van der Waals surface area (Å²) in [5.41, 5.74) is 10.9. The number of rotatable bonds is 13. The van der Waals surface area contributed by atoms with Crippen LogP contribution in [0.15, 0.2) is 0 Å². The smallest absolute Gasteiger partial charge is 0.322 e. The van der Waals surface area contributed by atoms with E-state index in [0.29, 0.717) is 6.42 Å². The average molecular weight is 417 g/mol. The molecule has 4 atom stereocenters. The minimum atomic E-state index is -1.64. The van der Waals surface area contributed by atoms with E-state index in [4.69, 9.17) is 21.7 Å². The minimum absolute atomic E-state index is 0.228. The van der Waals surface area contributed by atoms with Crippen molar-refractivity contribution in [2.24, 2.45) is 17.4 Å². The van der Waals surface area contributed by atoms with Crippen LogP contribution in [0.25, 0.3) is 0 Å². The summed E-state index contributed by atoms with van der Waals surface area (Å²) in [6.45, 7) is 2.72. The van der Waals surface area contributed by atoms with Gasteiger partial charge in [0.15, 0.2) is 0 Å². The van der Waals surface area contributed by atoms with Gasteiger partial charge in [-0.3, -0.25) is 28.8 Å². The van der Waals surface area contributed by atoms with Crippen LogP contribution in [0.2, 0.25) is 0 Å². The summed E-state index contributed by atoms with van der Waals surface area (Å²) in [7, 11) is 0. The Bertz CT molecular complexity index is 653. The van der Waals surface area contributed by atoms with Crippen LogP contribution < -0.4 is 27.4 Å². The largest absolute Gasteiger partial charge is 0.481 e. The summed E-state index contributed by atoms with van der Waals surface area (Å²) in [5.74, 6) is -6.84. The number of carbonyl (C=O) groups is 6. The molecule has 4 amide bonds. The Hall–Kier alpha value is -3.22. The fourth-order valence-corrected chi connectivity index (χ4v) is 2.13. The third-order valence-corrected chi connectivity index (χ3v) is 4.02. The van der Waals surface area contributed by atoms with E-state index in [-0.39, 0.29) is 5.92 Å². The summed E-state index contributed by atoms with van der Waals surface area (Å²) in [6, 6.07) is -4.12. The van der Waals surface area contributed by atoms with Crippen LogP contribution in [-0.2, 0) is 28.8 Å². The first-order valence-corrected chi connectivity index (χ1v) is 8.74. The maximum atomic E-state index is 12.4. The van der Waals surface area contributed by atoms with Gasteiger partial charge in [0.05, 0.1) is 18.9 Å². The first kappa shape index (κ1) is 25.8. The van der Waals surface area contributed by atoms with Crippen LogP contribution in [0, 0.1) is 5.92 Å². The zero-order valence-corrected chi connectivity index (χ0v) is 16.1. The van der Waals surface area contributed by atoms with Gasteiger partial charge in [-0.1, -0.05) is 20.3 Å². The van der Waals surface area contributed by atoms with Gasteiger partial charge < -0.3 is 37.6 Å². The molecule has 13 nitrogen and oxygen atoms in total. The Labute approximate surface area is 166 Å². The first-order chi connectivity index (χ1) is 13.4. The zero-order chi connectivity index (χ0) is 22.7. The highest BCUT2D eigenvalue weighted by atomic mass is 16.4. The third kappa shape index (κ3) is 10.0. The van der Waals surface area contributed by atoms with Gasteiger partial charge in [0, 0.05) is 0 Å². The molecule has 0 fully saturated rings. The number of amides is 4. The Morgan fingerprint density at radius 1 is 0.862 bits per heavy atom. The quantitative estimate of drug-likeness (QED) is 0.160. The van der Waals surface area contributed by atoms with Crippen LogP contribution in [0.4, 0.5) is 0 Å². The maximum absolute atomic E-state index is 12.4. The van der Waals surface area contributed by atoms with Crippen molar-refractivity contribution in [3.63, 3.8) is 0 Å². The Kier molecular flexibility index (Phi) is 10.9. The van der Waals surface area contributed by atoms with Crippen molar-refractivity contribution in [1.29, 1.82) is 0 Å². The number of hydrogen-bond acceptors (Lipinski definition) is 7. The molecule has 0 saturated carbocycles. The van der Waals surface area contributed by atoms with Crippen molar-refractivity contribution in [3.8, 4) is 0 Å². The van der Waals surface area contributed by atoms with Crippen LogP contribution >= 0.6 is 0 Å². The SMILES string of the molecule is CCC(C)C(N)C(=O)NC(CC(N)=O)C(=O)NC(CC(=O)O)C(=O)NCC(=O)O. The molecule has 0 spiro atoms. The van der Waals surface area contributed by atoms with E-state index in [9.17, 15) is 28.8 Å². The number of nitrogens with one attached hydrogen (secondary N) is 3. The highest BCUT2D eigenvalue weighted by Gasteiger charge is 2.31. The number of hydrogen-bond donors (Lipinski definition) is 7. The molecule has 0 aliphatic carbocycles. The topological polar surface area (TPSA) is 231 Å². The van der Waals surface area contributed by atoms with Gasteiger partial charge in [-0.2, -0.15) is 0 Å². The van der Waals surface area contributed by atoms with E-state index in [1.54, 1.807) is 13.8 Å². The Morgan fingerprint density at radius 2 is 1.38 bits per heavy atom. The molecule has 0 aliphatic rings. The lowest BCUT2D eigenvalue weighted by molar-refractivity contribution is -0.142. The number of aliphatic carboxylic acids is 2. The summed E-state index contributed by atoms with van der Waals surface area (Å²) in [6.07, 6.45) is -0.909. The Balaban J connectivity index is 5.33. The summed E-state index contributed by atoms with van der Waals surface area (Å²) < 4.78 is 0. The summed E-state index contributed by atoms with van der Waals surface area (Å²) in [4.78, 5) is 69.4. The van der Waals surface area contributed by atoms with Crippen LogP contribution in [0.3, 0.4) is 0 Å². The number of carboxylic acid groups (broad SMARTS) is 2. The van der Waals surface area contributed by atoms with E-state index in [1.807, 2.05) is 5.32 Å².